The van der Waals surface area contributed by atoms with Crippen LogP contribution in [0.3, 0.4) is 0 Å². The van der Waals surface area contributed by atoms with E-state index in [1.54, 1.807) is 18.2 Å². The molecule has 0 aliphatic carbocycles. The maximum absolute atomic E-state index is 11.8. The summed E-state index contributed by atoms with van der Waals surface area (Å²) in [6, 6.07) is 6.55. The van der Waals surface area contributed by atoms with Crippen molar-refractivity contribution >= 4 is 11.9 Å². The number of nitrogens with one attached hydrogen (secondary N) is 1. The molecule has 1 aromatic heterocycles. The lowest BCUT2D eigenvalue weighted by Crippen LogP contribution is -2.31. The van der Waals surface area contributed by atoms with Crippen LogP contribution < -0.4 is 5.32 Å². The van der Waals surface area contributed by atoms with Gasteiger partial charge < -0.3 is 10.1 Å². The number of nitrogens with zero attached hydrogens (tertiary/aromatic N) is 2. The van der Waals surface area contributed by atoms with Crippen LogP contribution in [-0.4, -0.2) is 36.2 Å². The molecule has 1 unspecified atom stereocenters. The van der Waals surface area contributed by atoms with Crippen LogP contribution in [0.1, 0.15) is 18.0 Å². The highest BCUT2D eigenvalue weighted by Gasteiger charge is 2.29. The normalized spacial score (nSPS) is 12.1. The van der Waals surface area contributed by atoms with Gasteiger partial charge in [-0.25, -0.2) is 4.79 Å². The van der Waals surface area contributed by atoms with E-state index in [9.17, 15) is 22.8 Å². The van der Waals surface area contributed by atoms with Crippen molar-refractivity contribution in [3.8, 4) is 6.07 Å². The predicted molar refractivity (Wildman–Crippen MR) is 67.6 cm³/mol. The highest BCUT2D eigenvalue weighted by atomic mass is 19.4. The summed E-state index contributed by atoms with van der Waals surface area (Å²) in [7, 11) is 0. The second kappa shape index (κ2) is 7.97. The van der Waals surface area contributed by atoms with Crippen molar-refractivity contribution in [2.24, 2.45) is 0 Å². The third-order valence-electron chi connectivity index (χ3n) is 2.44. The first-order valence-corrected chi connectivity index (χ1v) is 6.14. The van der Waals surface area contributed by atoms with Gasteiger partial charge in [0, 0.05) is 19.2 Å². The Hall–Kier alpha value is -2.63. The summed E-state index contributed by atoms with van der Waals surface area (Å²) >= 11 is 0. The lowest BCUT2D eigenvalue weighted by Gasteiger charge is -2.10. The number of amides is 1. The van der Waals surface area contributed by atoms with Crippen molar-refractivity contribution in [1.29, 1.82) is 5.26 Å². The zero-order chi connectivity index (χ0) is 16.6. The lowest BCUT2D eigenvalue weighted by molar-refractivity contribution is -0.160. The fourth-order valence-corrected chi connectivity index (χ4v) is 1.48. The van der Waals surface area contributed by atoms with Crippen LogP contribution in [0.25, 0.3) is 0 Å². The van der Waals surface area contributed by atoms with Crippen LogP contribution in [0, 0.1) is 11.3 Å². The van der Waals surface area contributed by atoms with Gasteiger partial charge in [0.1, 0.15) is 5.92 Å². The van der Waals surface area contributed by atoms with Crippen molar-refractivity contribution in [1.82, 2.24) is 10.3 Å². The topological polar surface area (TPSA) is 92.1 Å². The number of ketones is 1. The van der Waals surface area contributed by atoms with Gasteiger partial charge in [-0.1, -0.05) is 6.07 Å². The van der Waals surface area contributed by atoms with E-state index in [0.29, 0.717) is 0 Å². The van der Waals surface area contributed by atoms with Gasteiger partial charge in [0.05, 0.1) is 11.8 Å². The first-order valence-electron chi connectivity index (χ1n) is 6.14. The van der Waals surface area contributed by atoms with E-state index in [2.05, 4.69) is 9.72 Å². The van der Waals surface area contributed by atoms with Crippen LogP contribution in [0.15, 0.2) is 24.4 Å². The molecule has 22 heavy (non-hydrogen) atoms. The molecule has 118 valence electrons. The van der Waals surface area contributed by atoms with Crippen molar-refractivity contribution in [3.05, 3.63) is 30.1 Å². The number of Topliss-reactive ketones (excluding diaryl/α,β-unsaturated/α-hetero) is 1. The number of hydrogen-bond acceptors (Lipinski definition) is 5. The minimum absolute atomic E-state index is 0.226. The van der Waals surface area contributed by atoms with Crippen LogP contribution in [-0.2, 0) is 9.53 Å². The number of alkyl halides is 3. The number of carbonyl (C=O) groups is 2. The summed E-state index contributed by atoms with van der Waals surface area (Å²) in [5.41, 5.74) is 0.273. The molecule has 0 aliphatic rings. The fraction of sp³-hybridized carbons (Fsp3) is 0.385. The maximum Gasteiger partial charge on any atom is 0.422 e. The predicted octanol–water partition coefficient (Wildman–Crippen LogP) is 1.94. The number of hydrogen-bond donors (Lipinski definition) is 1. The molecular formula is C13H12F3N3O3. The number of halogens is 3. The first kappa shape index (κ1) is 17.4. The van der Waals surface area contributed by atoms with E-state index in [0.717, 1.165) is 0 Å². The fourth-order valence-electron chi connectivity index (χ4n) is 1.48. The molecule has 1 aromatic rings. The molecule has 0 bridgehead atoms. The van der Waals surface area contributed by atoms with E-state index >= 15 is 0 Å². The summed E-state index contributed by atoms with van der Waals surface area (Å²) < 4.78 is 39.3. The Balaban J connectivity index is 2.40. The summed E-state index contributed by atoms with van der Waals surface area (Å²) in [5.74, 6) is -1.59. The average molecular weight is 315 g/mol. The summed E-state index contributed by atoms with van der Waals surface area (Å²) in [5, 5.41) is 11.0. The highest BCUT2D eigenvalue weighted by Crippen LogP contribution is 2.15. The summed E-state index contributed by atoms with van der Waals surface area (Å²) in [6.45, 7) is -1.94. The lowest BCUT2D eigenvalue weighted by atomic mass is 9.99. The number of ether oxygens (including phenoxy) is 1. The molecule has 0 aromatic carbocycles. The quantitative estimate of drug-likeness (QED) is 0.866. The number of rotatable bonds is 6. The molecule has 0 fully saturated rings. The van der Waals surface area contributed by atoms with Crippen molar-refractivity contribution in [3.63, 3.8) is 0 Å². The molecule has 6 nitrogen and oxygen atoms in total. The summed E-state index contributed by atoms with van der Waals surface area (Å²) in [4.78, 5) is 26.7. The third-order valence-corrected chi connectivity index (χ3v) is 2.44. The molecule has 1 atom stereocenters. The van der Waals surface area contributed by atoms with E-state index in [1.807, 2.05) is 5.32 Å². The van der Waals surface area contributed by atoms with E-state index in [-0.39, 0.29) is 18.7 Å². The van der Waals surface area contributed by atoms with Gasteiger partial charge in [0.15, 0.2) is 12.4 Å². The molecule has 1 rings (SSSR count). The molecule has 0 radical (unpaired) electrons. The molecule has 0 saturated heterocycles. The molecule has 0 spiro atoms. The van der Waals surface area contributed by atoms with Gasteiger partial charge in [-0.2, -0.15) is 18.4 Å². The Bertz CT molecular complexity index is 555. The Morgan fingerprint density at radius 2 is 2.14 bits per heavy atom. The smallest absolute Gasteiger partial charge is 0.422 e. The van der Waals surface area contributed by atoms with Crippen molar-refractivity contribution in [2.75, 3.05) is 13.2 Å². The van der Waals surface area contributed by atoms with Crippen LogP contribution in [0.5, 0.6) is 0 Å². The van der Waals surface area contributed by atoms with Crippen molar-refractivity contribution < 1.29 is 27.5 Å². The summed E-state index contributed by atoms with van der Waals surface area (Å²) in [6.07, 6.45) is -4.69. The second-order valence-corrected chi connectivity index (χ2v) is 4.15. The second-order valence-electron chi connectivity index (χ2n) is 4.15. The molecule has 0 aliphatic heterocycles. The van der Waals surface area contributed by atoms with Gasteiger partial charge in [-0.3, -0.25) is 9.78 Å². The third kappa shape index (κ3) is 6.21. The number of carbonyl (C=O) groups excluding carboxylic acids is 2. The molecule has 0 saturated carbocycles. The molecular weight excluding hydrogens is 303 g/mol. The van der Waals surface area contributed by atoms with Crippen LogP contribution >= 0.6 is 0 Å². The van der Waals surface area contributed by atoms with E-state index in [1.165, 1.54) is 12.3 Å². The van der Waals surface area contributed by atoms with E-state index < -0.39 is 30.6 Å². The monoisotopic (exact) mass is 315 g/mol. The number of alkyl carbamates (subject to hydrolysis) is 1. The maximum atomic E-state index is 11.8. The largest absolute Gasteiger partial charge is 0.440 e. The standard InChI is InChI=1S/C13H12F3N3O3/c14-13(15,16)8-22-12(21)19-6-4-11(20)9(7-17)10-3-1-2-5-18-10/h1-3,5,9H,4,6,8H2,(H,19,21). The number of nitriles is 1. The minimum atomic E-state index is -4.61. The van der Waals surface area contributed by atoms with Gasteiger partial charge in [-0.05, 0) is 12.1 Å². The van der Waals surface area contributed by atoms with Crippen LogP contribution in [0.4, 0.5) is 18.0 Å². The number of pyridine rings is 1. The van der Waals surface area contributed by atoms with Crippen LogP contribution in [0.2, 0.25) is 0 Å². The Kier molecular flexibility index (Phi) is 6.31. The highest BCUT2D eigenvalue weighted by molar-refractivity contribution is 5.88. The Morgan fingerprint density at radius 1 is 1.41 bits per heavy atom. The number of aromatic nitrogens is 1. The van der Waals surface area contributed by atoms with Gasteiger partial charge in [0.25, 0.3) is 0 Å². The Morgan fingerprint density at radius 3 is 2.68 bits per heavy atom. The SMILES string of the molecule is N#CC(C(=O)CCNC(=O)OCC(F)(F)F)c1ccccn1. The molecule has 1 heterocycles. The Labute approximate surface area is 123 Å². The van der Waals surface area contributed by atoms with Gasteiger partial charge in [0.2, 0.25) is 0 Å². The minimum Gasteiger partial charge on any atom is -0.440 e. The molecule has 9 heteroatoms. The van der Waals surface area contributed by atoms with Gasteiger partial charge in [-0.15, -0.1) is 0 Å². The zero-order valence-electron chi connectivity index (χ0n) is 11.3. The average Bonchev–Trinajstić information content (AvgIpc) is 2.46. The van der Waals surface area contributed by atoms with E-state index in [4.69, 9.17) is 5.26 Å². The molecule has 1 N–H and O–H groups in total. The zero-order valence-corrected chi connectivity index (χ0v) is 11.3. The molecule has 1 amide bonds. The van der Waals surface area contributed by atoms with Crippen molar-refractivity contribution in [2.45, 2.75) is 18.5 Å². The first-order chi connectivity index (χ1) is 10.3. The van der Waals surface area contributed by atoms with Gasteiger partial charge >= 0.3 is 12.3 Å².